The standard InChI is InChI=1S/C11H16N2O6/c1-6(2)19-11(17)12-5-8(15)13-9(7(3)14)10(16)18-4/h9H,1,5H2,2-4H3,(H,12,17)(H,13,15)/t9-/m0/s1. The first-order valence-electron chi connectivity index (χ1n) is 5.26. The summed E-state index contributed by atoms with van der Waals surface area (Å²) in [5.41, 5.74) is 0. The summed E-state index contributed by atoms with van der Waals surface area (Å²) in [6.07, 6.45) is -0.861. The van der Waals surface area contributed by atoms with E-state index in [1.807, 2.05) is 0 Å². The molecule has 0 radical (unpaired) electrons. The van der Waals surface area contributed by atoms with Crippen molar-refractivity contribution in [3.05, 3.63) is 12.3 Å². The van der Waals surface area contributed by atoms with Crippen LogP contribution in [0.5, 0.6) is 0 Å². The Morgan fingerprint density at radius 2 is 1.79 bits per heavy atom. The molecule has 0 rings (SSSR count). The van der Waals surface area contributed by atoms with Gasteiger partial charge in [0.25, 0.3) is 0 Å². The molecule has 0 bridgehead atoms. The lowest BCUT2D eigenvalue weighted by molar-refractivity contribution is -0.148. The van der Waals surface area contributed by atoms with Crippen molar-refractivity contribution in [3.8, 4) is 0 Å². The van der Waals surface area contributed by atoms with Gasteiger partial charge in [-0.05, 0) is 13.8 Å². The fourth-order valence-electron chi connectivity index (χ4n) is 1.00. The van der Waals surface area contributed by atoms with Gasteiger partial charge in [0.2, 0.25) is 5.91 Å². The minimum Gasteiger partial charge on any atom is -0.467 e. The Morgan fingerprint density at radius 1 is 1.21 bits per heavy atom. The lowest BCUT2D eigenvalue weighted by atomic mass is 10.2. The molecule has 0 aromatic heterocycles. The molecule has 2 amide bonds. The van der Waals surface area contributed by atoms with Gasteiger partial charge in [-0.25, -0.2) is 9.59 Å². The lowest BCUT2D eigenvalue weighted by Gasteiger charge is -2.13. The summed E-state index contributed by atoms with van der Waals surface area (Å²) < 4.78 is 8.89. The summed E-state index contributed by atoms with van der Waals surface area (Å²) >= 11 is 0. The molecule has 0 aromatic carbocycles. The topological polar surface area (TPSA) is 111 Å². The maximum atomic E-state index is 11.4. The molecule has 8 heteroatoms. The van der Waals surface area contributed by atoms with E-state index < -0.39 is 36.3 Å². The predicted octanol–water partition coefficient (Wildman–Crippen LogP) is -0.507. The highest BCUT2D eigenvalue weighted by molar-refractivity contribution is 6.05. The van der Waals surface area contributed by atoms with Crippen molar-refractivity contribution < 1.29 is 28.7 Å². The van der Waals surface area contributed by atoms with Crippen LogP contribution in [0, 0.1) is 0 Å². The summed E-state index contributed by atoms with van der Waals surface area (Å²) in [4.78, 5) is 44.8. The van der Waals surface area contributed by atoms with Crippen LogP contribution in [-0.2, 0) is 23.9 Å². The number of hydrogen-bond donors (Lipinski definition) is 2. The van der Waals surface area contributed by atoms with Gasteiger partial charge in [-0.15, -0.1) is 0 Å². The highest BCUT2D eigenvalue weighted by Crippen LogP contribution is 1.92. The maximum Gasteiger partial charge on any atom is 0.412 e. The molecule has 0 unspecified atom stereocenters. The SMILES string of the molecule is C=C(C)OC(=O)NCC(=O)N[C@@H](C(C)=O)C(=O)OC. The van der Waals surface area contributed by atoms with E-state index in [1.165, 1.54) is 6.92 Å². The fourth-order valence-corrected chi connectivity index (χ4v) is 1.00. The second-order valence-corrected chi connectivity index (χ2v) is 3.58. The van der Waals surface area contributed by atoms with Crippen molar-refractivity contribution in [2.24, 2.45) is 0 Å². The molecule has 8 nitrogen and oxygen atoms in total. The number of methoxy groups -OCH3 is 1. The second-order valence-electron chi connectivity index (χ2n) is 3.58. The molecule has 19 heavy (non-hydrogen) atoms. The third kappa shape index (κ3) is 6.81. The number of hydrogen-bond acceptors (Lipinski definition) is 6. The van der Waals surface area contributed by atoms with E-state index in [9.17, 15) is 19.2 Å². The average molecular weight is 272 g/mol. The van der Waals surface area contributed by atoms with E-state index >= 15 is 0 Å². The molecule has 0 saturated heterocycles. The first-order chi connectivity index (χ1) is 8.77. The van der Waals surface area contributed by atoms with Gasteiger partial charge in [0.1, 0.15) is 6.54 Å². The molecular formula is C11H16N2O6. The molecule has 0 aliphatic rings. The van der Waals surface area contributed by atoms with Crippen LogP contribution in [0.3, 0.4) is 0 Å². The Balaban J connectivity index is 4.28. The minimum absolute atomic E-state index is 0.161. The van der Waals surface area contributed by atoms with Crippen LogP contribution < -0.4 is 10.6 Å². The Hall–Kier alpha value is -2.38. The van der Waals surface area contributed by atoms with Gasteiger partial charge in [0.15, 0.2) is 11.8 Å². The number of esters is 1. The first kappa shape index (κ1) is 16.6. The molecule has 0 heterocycles. The third-order valence-corrected chi connectivity index (χ3v) is 1.81. The third-order valence-electron chi connectivity index (χ3n) is 1.81. The largest absolute Gasteiger partial charge is 0.467 e. The molecule has 2 N–H and O–H groups in total. The summed E-state index contributed by atoms with van der Waals surface area (Å²) in [5, 5.41) is 4.24. The average Bonchev–Trinajstić information content (AvgIpc) is 2.31. The van der Waals surface area contributed by atoms with Gasteiger partial charge >= 0.3 is 12.1 Å². The zero-order valence-electron chi connectivity index (χ0n) is 10.9. The first-order valence-corrected chi connectivity index (χ1v) is 5.26. The zero-order valence-corrected chi connectivity index (χ0v) is 10.9. The lowest BCUT2D eigenvalue weighted by Crippen LogP contribution is -2.49. The zero-order chi connectivity index (χ0) is 15.0. The van der Waals surface area contributed by atoms with Crippen molar-refractivity contribution in [1.82, 2.24) is 10.6 Å². The monoisotopic (exact) mass is 272 g/mol. The number of Topliss-reactive ketones (excluding diaryl/α,β-unsaturated/α-hetero) is 1. The second kappa shape index (κ2) is 7.85. The number of ether oxygens (including phenoxy) is 2. The number of alkyl carbamates (subject to hydrolysis) is 1. The van der Waals surface area contributed by atoms with Crippen molar-refractivity contribution in [3.63, 3.8) is 0 Å². The number of amides is 2. The number of nitrogens with one attached hydrogen (secondary N) is 2. The van der Waals surface area contributed by atoms with Crippen LogP contribution in [0.4, 0.5) is 4.79 Å². The summed E-state index contributed by atoms with van der Waals surface area (Å²) in [6, 6.07) is -1.39. The highest BCUT2D eigenvalue weighted by atomic mass is 16.6. The number of rotatable bonds is 6. The van der Waals surface area contributed by atoms with Crippen molar-refractivity contribution in [1.29, 1.82) is 0 Å². The Labute approximate surface area is 110 Å². The summed E-state index contributed by atoms with van der Waals surface area (Å²) in [6.45, 7) is 5.48. The van der Waals surface area contributed by atoms with E-state index in [-0.39, 0.29) is 5.76 Å². The van der Waals surface area contributed by atoms with E-state index in [1.54, 1.807) is 0 Å². The number of carbonyl (C=O) groups is 4. The van der Waals surface area contributed by atoms with Crippen molar-refractivity contribution in [2.45, 2.75) is 19.9 Å². The van der Waals surface area contributed by atoms with Gasteiger partial charge < -0.3 is 20.1 Å². The molecule has 0 aliphatic heterocycles. The van der Waals surface area contributed by atoms with E-state index in [0.717, 1.165) is 14.0 Å². The highest BCUT2D eigenvalue weighted by Gasteiger charge is 2.26. The van der Waals surface area contributed by atoms with E-state index in [4.69, 9.17) is 0 Å². The van der Waals surface area contributed by atoms with Gasteiger partial charge in [0, 0.05) is 0 Å². The smallest absolute Gasteiger partial charge is 0.412 e. The molecule has 0 fully saturated rings. The normalized spacial score (nSPS) is 10.9. The van der Waals surface area contributed by atoms with E-state index in [0.29, 0.717) is 0 Å². The molecule has 0 spiro atoms. The number of ketones is 1. The molecule has 106 valence electrons. The van der Waals surface area contributed by atoms with E-state index in [2.05, 4.69) is 26.7 Å². The molecule has 0 aromatic rings. The van der Waals surface area contributed by atoms with Crippen LogP contribution in [0.25, 0.3) is 0 Å². The van der Waals surface area contributed by atoms with Crippen LogP contribution in [0.1, 0.15) is 13.8 Å². The van der Waals surface area contributed by atoms with Crippen molar-refractivity contribution in [2.75, 3.05) is 13.7 Å². The summed E-state index contributed by atoms with van der Waals surface area (Å²) in [7, 11) is 1.09. The van der Waals surface area contributed by atoms with Gasteiger partial charge in [-0.2, -0.15) is 0 Å². The Morgan fingerprint density at radius 3 is 2.21 bits per heavy atom. The van der Waals surface area contributed by atoms with Crippen LogP contribution in [0.15, 0.2) is 12.3 Å². The minimum atomic E-state index is -1.39. The molecule has 0 aliphatic carbocycles. The van der Waals surface area contributed by atoms with Crippen LogP contribution in [0.2, 0.25) is 0 Å². The maximum absolute atomic E-state index is 11.4. The predicted molar refractivity (Wildman–Crippen MR) is 63.9 cm³/mol. The van der Waals surface area contributed by atoms with Gasteiger partial charge in [-0.3, -0.25) is 9.59 Å². The molecule has 0 saturated carbocycles. The number of allylic oxidation sites excluding steroid dienone is 1. The summed E-state index contributed by atoms with van der Waals surface area (Å²) in [5.74, 6) is -2.03. The van der Waals surface area contributed by atoms with Crippen LogP contribution in [-0.4, -0.2) is 43.4 Å². The Bertz CT molecular complexity index is 404. The fraction of sp³-hybridized carbons (Fsp3) is 0.455. The Kier molecular flexibility index (Phi) is 6.87. The van der Waals surface area contributed by atoms with Gasteiger partial charge in [-0.1, -0.05) is 6.58 Å². The van der Waals surface area contributed by atoms with Crippen LogP contribution >= 0.6 is 0 Å². The van der Waals surface area contributed by atoms with Gasteiger partial charge in [0.05, 0.1) is 12.9 Å². The molecular weight excluding hydrogens is 256 g/mol. The molecule has 1 atom stereocenters. The quantitative estimate of drug-likeness (QED) is 0.383. The number of carbonyl (C=O) groups excluding carboxylic acids is 4. The van der Waals surface area contributed by atoms with Crippen molar-refractivity contribution >= 4 is 23.8 Å².